The quantitative estimate of drug-likeness (QED) is 0.554. The van der Waals surface area contributed by atoms with Crippen LogP contribution in [-0.4, -0.2) is 41.7 Å². The van der Waals surface area contributed by atoms with Crippen molar-refractivity contribution < 1.29 is 13.2 Å². The Balaban J connectivity index is 1.80. The largest absolute Gasteiger partial charge is 0.342 e. The molecule has 31 heavy (non-hydrogen) atoms. The van der Waals surface area contributed by atoms with Gasteiger partial charge in [0, 0.05) is 18.7 Å². The number of nitrogens with one attached hydrogen (secondary N) is 2. The minimum atomic E-state index is -3.67. The number of rotatable bonds is 8. The van der Waals surface area contributed by atoms with Crippen LogP contribution < -0.4 is 5.32 Å². The second-order valence-electron chi connectivity index (χ2n) is 7.63. The van der Waals surface area contributed by atoms with Gasteiger partial charge in [-0.1, -0.05) is 43.3 Å². The maximum Gasteiger partial charge on any atom is 0.251 e. The summed E-state index contributed by atoms with van der Waals surface area (Å²) in [5.41, 5.74) is 2.16. The van der Waals surface area contributed by atoms with E-state index in [9.17, 15) is 13.2 Å². The molecule has 1 atom stereocenters. The third kappa shape index (κ3) is 5.03. The number of carbonyl (C=O) groups is 1. The zero-order valence-electron chi connectivity index (χ0n) is 18.2. The first-order chi connectivity index (χ1) is 14.7. The summed E-state index contributed by atoms with van der Waals surface area (Å²) in [6, 6.07) is 15.4. The Morgan fingerprint density at radius 1 is 1.13 bits per heavy atom. The number of aromatic nitrogens is 2. The maximum atomic E-state index is 12.9. The van der Waals surface area contributed by atoms with Gasteiger partial charge < -0.3 is 10.3 Å². The third-order valence-electron chi connectivity index (χ3n) is 5.22. The number of aromatic amines is 1. The maximum absolute atomic E-state index is 12.9. The molecule has 0 aliphatic heterocycles. The van der Waals surface area contributed by atoms with Crippen molar-refractivity contribution in [3.8, 4) is 11.3 Å². The number of H-pyrrole nitrogens is 1. The molecule has 0 aliphatic rings. The fourth-order valence-electron chi connectivity index (χ4n) is 3.13. The van der Waals surface area contributed by atoms with Crippen molar-refractivity contribution in [3.63, 3.8) is 0 Å². The van der Waals surface area contributed by atoms with Crippen molar-refractivity contribution in [2.75, 3.05) is 7.05 Å². The van der Waals surface area contributed by atoms with Crippen LogP contribution in [0.3, 0.4) is 0 Å². The molecule has 1 unspecified atom stereocenters. The predicted octanol–water partition coefficient (Wildman–Crippen LogP) is 3.99. The molecule has 1 heterocycles. The minimum absolute atomic E-state index is 0.0914. The highest BCUT2D eigenvalue weighted by atomic mass is 32.2. The highest BCUT2D eigenvalue weighted by Gasteiger charge is 2.24. The number of nitrogens with zero attached hydrogens (tertiary/aromatic N) is 2. The van der Waals surface area contributed by atoms with Gasteiger partial charge in [0.15, 0.2) is 0 Å². The highest BCUT2D eigenvalue weighted by Crippen LogP contribution is 2.22. The van der Waals surface area contributed by atoms with Crippen LogP contribution in [-0.2, 0) is 10.0 Å². The van der Waals surface area contributed by atoms with Gasteiger partial charge in [0.2, 0.25) is 10.0 Å². The van der Waals surface area contributed by atoms with Crippen LogP contribution in [0.4, 0.5) is 0 Å². The Labute approximate surface area is 183 Å². The molecule has 0 aliphatic carbocycles. The lowest BCUT2D eigenvalue weighted by atomic mass is 10.1. The number of amides is 1. The smallest absolute Gasteiger partial charge is 0.251 e. The lowest BCUT2D eigenvalue weighted by molar-refractivity contribution is 0.0933. The second-order valence-corrected chi connectivity index (χ2v) is 9.62. The Bertz CT molecular complexity index is 1140. The molecule has 0 saturated carbocycles. The van der Waals surface area contributed by atoms with E-state index in [2.05, 4.69) is 15.3 Å². The van der Waals surface area contributed by atoms with Gasteiger partial charge in [-0.25, -0.2) is 13.4 Å². The number of benzene rings is 2. The van der Waals surface area contributed by atoms with E-state index in [0.717, 1.165) is 11.3 Å². The van der Waals surface area contributed by atoms with Gasteiger partial charge in [-0.05, 0) is 44.0 Å². The fraction of sp³-hybridized carbons (Fsp3) is 0.304. The lowest BCUT2D eigenvalue weighted by Gasteiger charge is -2.21. The molecule has 0 bridgehead atoms. The van der Waals surface area contributed by atoms with Crippen LogP contribution in [0.25, 0.3) is 11.3 Å². The molecule has 0 radical (unpaired) electrons. The van der Waals surface area contributed by atoms with Crippen LogP contribution in [0.5, 0.6) is 0 Å². The van der Waals surface area contributed by atoms with Crippen molar-refractivity contribution in [2.24, 2.45) is 0 Å². The lowest BCUT2D eigenvalue weighted by Crippen LogP contribution is -2.33. The predicted molar refractivity (Wildman–Crippen MR) is 121 cm³/mol. The van der Waals surface area contributed by atoms with Crippen molar-refractivity contribution >= 4 is 15.9 Å². The summed E-state index contributed by atoms with van der Waals surface area (Å²) in [7, 11) is -2.14. The third-order valence-corrected chi connectivity index (χ3v) is 7.25. The molecular formula is C23H28N4O3S. The topological polar surface area (TPSA) is 95.2 Å². The number of hydrogen-bond acceptors (Lipinski definition) is 4. The molecule has 3 aromatic rings. The van der Waals surface area contributed by atoms with E-state index in [-0.39, 0.29) is 28.4 Å². The molecule has 2 N–H and O–H groups in total. The van der Waals surface area contributed by atoms with Crippen LogP contribution in [0, 0.1) is 0 Å². The molecule has 0 fully saturated rings. The average molecular weight is 441 g/mol. The summed E-state index contributed by atoms with van der Waals surface area (Å²) in [4.78, 5) is 20.7. The molecule has 164 valence electrons. The summed E-state index contributed by atoms with van der Waals surface area (Å²) < 4.78 is 26.8. The highest BCUT2D eigenvalue weighted by molar-refractivity contribution is 7.89. The zero-order chi connectivity index (χ0) is 22.6. The summed E-state index contributed by atoms with van der Waals surface area (Å²) in [6.45, 7) is 5.55. The van der Waals surface area contributed by atoms with Crippen LogP contribution in [0.1, 0.15) is 49.4 Å². The summed E-state index contributed by atoms with van der Waals surface area (Å²) in [6.07, 6.45) is 2.37. The first kappa shape index (κ1) is 22.7. The van der Waals surface area contributed by atoms with Crippen molar-refractivity contribution in [1.82, 2.24) is 19.6 Å². The molecule has 3 rings (SSSR count). The van der Waals surface area contributed by atoms with Gasteiger partial charge in [0.25, 0.3) is 5.91 Å². The van der Waals surface area contributed by atoms with Crippen LogP contribution in [0.2, 0.25) is 0 Å². The average Bonchev–Trinajstić information content (AvgIpc) is 3.27. The molecule has 8 heteroatoms. The zero-order valence-corrected chi connectivity index (χ0v) is 19.0. The number of carbonyl (C=O) groups excluding carboxylic acids is 1. The van der Waals surface area contributed by atoms with Gasteiger partial charge in [0.1, 0.15) is 5.82 Å². The Morgan fingerprint density at radius 2 is 1.84 bits per heavy atom. The fourth-order valence-corrected chi connectivity index (χ4v) is 4.54. The molecule has 7 nitrogen and oxygen atoms in total. The molecule has 0 saturated heterocycles. The van der Waals surface area contributed by atoms with E-state index >= 15 is 0 Å². The normalized spacial score (nSPS) is 12.8. The van der Waals surface area contributed by atoms with E-state index in [1.807, 2.05) is 37.3 Å². The number of hydrogen-bond donors (Lipinski definition) is 2. The Hall–Kier alpha value is -2.97. The van der Waals surface area contributed by atoms with E-state index in [1.54, 1.807) is 32.2 Å². The van der Waals surface area contributed by atoms with E-state index < -0.39 is 10.0 Å². The number of sulfonamides is 1. The summed E-state index contributed by atoms with van der Waals surface area (Å²) in [5, 5.41) is 2.95. The second kappa shape index (κ2) is 9.45. The van der Waals surface area contributed by atoms with Crippen LogP contribution in [0.15, 0.2) is 65.7 Å². The van der Waals surface area contributed by atoms with Crippen molar-refractivity contribution in [2.45, 2.75) is 44.2 Å². The molecular weight excluding hydrogens is 412 g/mol. The van der Waals surface area contributed by atoms with Crippen molar-refractivity contribution in [3.05, 3.63) is 72.2 Å². The summed E-state index contributed by atoms with van der Waals surface area (Å²) >= 11 is 0. The van der Waals surface area contributed by atoms with Gasteiger partial charge in [-0.15, -0.1) is 0 Å². The molecule has 0 spiro atoms. The number of imidazole rings is 1. The van der Waals surface area contributed by atoms with Crippen LogP contribution >= 0.6 is 0 Å². The SMILES string of the molecule is CCC(NC(=O)c1cccc(S(=O)(=O)N(C)C(C)C)c1)c1ncc(-c2ccccc2)[nH]1. The van der Waals surface area contributed by atoms with Gasteiger partial charge >= 0.3 is 0 Å². The van der Waals surface area contributed by atoms with Gasteiger partial charge in [-0.2, -0.15) is 4.31 Å². The monoisotopic (exact) mass is 440 g/mol. The van der Waals surface area contributed by atoms with Crippen molar-refractivity contribution in [1.29, 1.82) is 0 Å². The Kier molecular flexibility index (Phi) is 6.92. The molecule has 1 aromatic heterocycles. The first-order valence-electron chi connectivity index (χ1n) is 10.2. The van der Waals surface area contributed by atoms with E-state index in [4.69, 9.17) is 0 Å². The molecule has 2 aromatic carbocycles. The van der Waals surface area contributed by atoms with E-state index in [1.165, 1.54) is 23.5 Å². The molecule has 1 amide bonds. The van der Waals surface area contributed by atoms with Gasteiger partial charge in [0.05, 0.1) is 22.8 Å². The standard InChI is InChI=1S/C23H28N4O3S/c1-5-20(22-24-15-21(25-22)17-10-7-6-8-11-17)26-23(28)18-12-9-13-19(14-18)31(29,30)27(4)16(2)3/h6-16,20H,5H2,1-4H3,(H,24,25)(H,26,28). The Morgan fingerprint density at radius 3 is 2.48 bits per heavy atom. The minimum Gasteiger partial charge on any atom is -0.342 e. The van der Waals surface area contributed by atoms with Gasteiger partial charge in [-0.3, -0.25) is 4.79 Å². The summed E-state index contributed by atoms with van der Waals surface area (Å²) in [5.74, 6) is 0.298. The first-order valence-corrected chi connectivity index (χ1v) is 11.7. The van der Waals surface area contributed by atoms with E-state index in [0.29, 0.717) is 12.2 Å².